The van der Waals surface area contributed by atoms with Gasteiger partial charge in [-0.15, -0.1) is 0 Å². The zero-order valence-corrected chi connectivity index (χ0v) is 13.0. The van der Waals surface area contributed by atoms with E-state index in [0.717, 1.165) is 44.7 Å². The standard InChI is InChI=1S/C15H22N4O3/c1-11-16-13(17-22-11)9-12-3-2-6-18(10-12)7-8-19-14(20)4-5-15(19)21/h12H,2-10H2,1H3/t12-/m1/s1. The van der Waals surface area contributed by atoms with Gasteiger partial charge in [-0.1, -0.05) is 5.16 Å². The van der Waals surface area contributed by atoms with Gasteiger partial charge in [0.2, 0.25) is 17.7 Å². The van der Waals surface area contributed by atoms with Crippen LogP contribution < -0.4 is 0 Å². The summed E-state index contributed by atoms with van der Waals surface area (Å²) in [6.45, 7) is 5.07. The molecule has 3 rings (SSSR count). The van der Waals surface area contributed by atoms with Gasteiger partial charge in [-0.3, -0.25) is 14.5 Å². The fraction of sp³-hybridized carbons (Fsp3) is 0.733. The second-order valence-corrected chi connectivity index (χ2v) is 6.18. The average molecular weight is 306 g/mol. The highest BCUT2D eigenvalue weighted by Gasteiger charge is 2.29. The number of aromatic nitrogens is 2. The minimum atomic E-state index is -0.0270. The number of amides is 2. The summed E-state index contributed by atoms with van der Waals surface area (Å²) in [5.74, 6) is 1.83. The number of likely N-dealkylation sites (tertiary alicyclic amines) is 2. The van der Waals surface area contributed by atoms with Crippen LogP contribution in [0.1, 0.15) is 37.4 Å². The number of piperidine rings is 1. The van der Waals surface area contributed by atoms with Crippen molar-refractivity contribution in [1.29, 1.82) is 0 Å². The minimum Gasteiger partial charge on any atom is -0.340 e. The molecule has 1 aromatic rings. The summed E-state index contributed by atoms with van der Waals surface area (Å²) in [4.78, 5) is 31.3. The summed E-state index contributed by atoms with van der Waals surface area (Å²) in [5.41, 5.74) is 0. The Morgan fingerprint density at radius 1 is 1.23 bits per heavy atom. The van der Waals surface area contributed by atoms with E-state index in [4.69, 9.17) is 4.52 Å². The maximum absolute atomic E-state index is 11.6. The molecule has 7 nitrogen and oxygen atoms in total. The lowest BCUT2D eigenvalue weighted by Crippen LogP contribution is -2.42. The van der Waals surface area contributed by atoms with Crippen molar-refractivity contribution in [3.8, 4) is 0 Å². The zero-order chi connectivity index (χ0) is 15.5. The van der Waals surface area contributed by atoms with Crippen molar-refractivity contribution in [3.05, 3.63) is 11.7 Å². The molecule has 7 heteroatoms. The smallest absolute Gasteiger partial charge is 0.229 e. The highest BCUT2D eigenvalue weighted by atomic mass is 16.5. The number of nitrogens with zero attached hydrogens (tertiary/aromatic N) is 4. The molecule has 2 fully saturated rings. The molecule has 0 radical (unpaired) electrons. The Balaban J connectivity index is 1.48. The first-order valence-electron chi connectivity index (χ1n) is 7.96. The van der Waals surface area contributed by atoms with E-state index in [9.17, 15) is 9.59 Å². The van der Waals surface area contributed by atoms with E-state index in [0.29, 0.717) is 31.2 Å². The molecular formula is C15H22N4O3. The van der Waals surface area contributed by atoms with Gasteiger partial charge in [0.25, 0.3) is 0 Å². The lowest BCUT2D eigenvalue weighted by atomic mass is 9.94. The van der Waals surface area contributed by atoms with E-state index < -0.39 is 0 Å². The Labute approximate surface area is 129 Å². The predicted octanol–water partition coefficient (Wildman–Crippen LogP) is 0.782. The van der Waals surface area contributed by atoms with Gasteiger partial charge in [-0.2, -0.15) is 4.98 Å². The third-order valence-corrected chi connectivity index (χ3v) is 4.44. The van der Waals surface area contributed by atoms with Crippen LogP contribution in [0.15, 0.2) is 4.52 Å². The molecule has 2 saturated heterocycles. The van der Waals surface area contributed by atoms with Crippen molar-refractivity contribution >= 4 is 11.8 Å². The molecule has 2 amide bonds. The maximum Gasteiger partial charge on any atom is 0.229 e. The highest BCUT2D eigenvalue weighted by molar-refractivity contribution is 6.01. The lowest BCUT2D eigenvalue weighted by molar-refractivity contribution is -0.138. The molecule has 22 heavy (non-hydrogen) atoms. The second-order valence-electron chi connectivity index (χ2n) is 6.18. The minimum absolute atomic E-state index is 0.0270. The fourth-order valence-corrected chi connectivity index (χ4v) is 3.32. The molecule has 120 valence electrons. The number of carbonyl (C=O) groups excluding carboxylic acids is 2. The van der Waals surface area contributed by atoms with E-state index in [-0.39, 0.29) is 11.8 Å². The van der Waals surface area contributed by atoms with Crippen LogP contribution in [-0.4, -0.2) is 57.9 Å². The van der Waals surface area contributed by atoms with Gasteiger partial charge in [0.15, 0.2) is 5.82 Å². The summed E-state index contributed by atoms with van der Waals surface area (Å²) in [5, 5.41) is 3.96. The van der Waals surface area contributed by atoms with E-state index in [1.807, 2.05) is 0 Å². The summed E-state index contributed by atoms with van der Waals surface area (Å²) < 4.78 is 5.02. The highest BCUT2D eigenvalue weighted by Crippen LogP contribution is 2.20. The van der Waals surface area contributed by atoms with Crippen molar-refractivity contribution < 1.29 is 14.1 Å². The number of hydrogen-bond donors (Lipinski definition) is 0. The molecule has 2 aliphatic rings. The topological polar surface area (TPSA) is 79.5 Å². The zero-order valence-electron chi connectivity index (χ0n) is 13.0. The molecule has 0 spiro atoms. The van der Waals surface area contributed by atoms with Crippen LogP contribution in [0.2, 0.25) is 0 Å². The summed E-state index contributed by atoms with van der Waals surface area (Å²) in [6.07, 6.45) is 3.86. The summed E-state index contributed by atoms with van der Waals surface area (Å²) in [6, 6.07) is 0. The summed E-state index contributed by atoms with van der Waals surface area (Å²) in [7, 11) is 0. The Bertz CT molecular complexity index is 541. The van der Waals surface area contributed by atoms with Crippen molar-refractivity contribution in [2.45, 2.75) is 39.0 Å². The third-order valence-electron chi connectivity index (χ3n) is 4.44. The van der Waals surface area contributed by atoms with Gasteiger partial charge in [-0.25, -0.2) is 0 Å². The van der Waals surface area contributed by atoms with Gasteiger partial charge in [-0.05, 0) is 25.3 Å². The van der Waals surface area contributed by atoms with Gasteiger partial charge >= 0.3 is 0 Å². The number of rotatable bonds is 5. The second kappa shape index (κ2) is 6.56. The quantitative estimate of drug-likeness (QED) is 0.748. The van der Waals surface area contributed by atoms with Gasteiger partial charge in [0.1, 0.15) is 0 Å². The van der Waals surface area contributed by atoms with E-state index in [1.54, 1.807) is 6.92 Å². The largest absolute Gasteiger partial charge is 0.340 e. The maximum atomic E-state index is 11.6. The van der Waals surface area contributed by atoms with Crippen LogP contribution in [0, 0.1) is 12.8 Å². The normalized spacial score (nSPS) is 23.5. The fourth-order valence-electron chi connectivity index (χ4n) is 3.32. The van der Waals surface area contributed by atoms with E-state index in [1.165, 1.54) is 4.90 Å². The van der Waals surface area contributed by atoms with E-state index >= 15 is 0 Å². The van der Waals surface area contributed by atoms with E-state index in [2.05, 4.69) is 15.0 Å². The van der Waals surface area contributed by atoms with Crippen LogP contribution in [0.3, 0.4) is 0 Å². The van der Waals surface area contributed by atoms with Gasteiger partial charge in [0, 0.05) is 45.8 Å². The summed E-state index contributed by atoms with van der Waals surface area (Å²) >= 11 is 0. The number of hydrogen-bond acceptors (Lipinski definition) is 6. The Morgan fingerprint density at radius 3 is 2.68 bits per heavy atom. The molecule has 0 aliphatic carbocycles. The molecule has 2 aliphatic heterocycles. The SMILES string of the molecule is Cc1nc(C[C@H]2CCCN(CCN3C(=O)CCC3=O)C2)no1. The lowest BCUT2D eigenvalue weighted by Gasteiger charge is -2.33. The third kappa shape index (κ3) is 3.52. The molecule has 0 aromatic carbocycles. The van der Waals surface area contributed by atoms with Crippen molar-refractivity contribution in [2.75, 3.05) is 26.2 Å². The molecule has 0 bridgehead atoms. The predicted molar refractivity (Wildman–Crippen MR) is 77.9 cm³/mol. The Kier molecular flexibility index (Phi) is 4.52. The first-order valence-corrected chi connectivity index (χ1v) is 7.96. The number of carbonyl (C=O) groups is 2. The molecule has 1 atom stereocenters. The first-order chi connectivity index (χ1) is 10.6. The molecule has 0 N–H and O–H groups in total. The van der Waals surface area contributed by atoms with Crippen LogP contribution in [0.25, 0.3) is 0 Å². The Morgan fingerprint density at radius 2 is 2.00 bits per heavy atom. The molecular weight excluding hydrogens is 284 g/mol. The number of imide groups is 1. The number of aryl methyl sites for hydroxylation is 1. The van der Waals surface area contributed by atoms with Gasteiger partial charge in [0.05, 0.1) is 0 Å². The van der Waals surface area contributed by atoms with Crippen LogP contribution in [-0.2, 0) is 16.0 Å². The Hall–Kier alpha value is -1.76. The average Bonchev–Trinajstić information content (AvgIpc) is 3.04. The van der Waals surface area contributed by atoms with Crippen LogP contribution in [0.5, 0.6) is 0 Å². The monoisotopic (exact) mass is 306 g/mol. The molecule has 3 heterocycles. The van der Waals surface area contributed by atoms with Crippen molar-refractivity contribution in [2.24, 2.45) is 5.92 Å². The van der Waals surface area contributed by atoms with Crippen LogP contribution in [0.4, 0.5) is 0 Å². The van der Waals surface area contributed by atoms with Crippen molar-refractivity contribution in [3.63, 3.8) is 0 Å². The molecule has 0 saturated carbocycles. The first kappa shape index (κ1) is 15.1. The molecule has 0 unspecified atom stereocenters. The van der Waals surface area contributed by atoms with Crippen molar-refractivity contribution in [1.82, 2.24) is 19.9 Å². The van der Waals surface area contributed by atoms with Crippen LogP contribution >= 0.6 is 0 Å². The molecule has 1 aromatic heterocycles. The van der Waals surface area contributed by atoms with Gasteiger partial charge < -0.3 is 9.42 Å².